The van der Waals surface area contributed by atoms with Crippen LogP contribution in [0.2, 0.25) is 0 Å². The van der Waals surface area contributed by atoms with Crippen LogP contribution < -0.4 is 11.1 Å². The Hall–Kier alpha value is -5.91. The van der Waals surface area contributed by atoms with Crippen molar-refractivity contribution in [1.29, 1.82) is 0 Å². The molecule has 59 heavy (non-hydrogen) atoms. The van der Waals surface area contributed by atoms with Crippen LogP contribution in [-0.2, 0) is 23.8 Å². The molecule has 0 heterocycles. The topological polar surface area (TPSA) is 148 Å². The molecule has 5 aromatic carbocycles. The lowest BCUT2D eigenvalue weighted by atomic mass is 9.84. The van der Waals surface area contributed by atoms with Gasteiger partial charge in [-0.2, -0.15) is 4.90 Å². The molecule has 306 valence electrons. The normalized spacial score (nSPS) is 13.4. The van der Waals surface area contributed by atoms with Crippen molar-refractivity contribution >= 4 is 35.8 Å². The summed E-state index contributed by atoms with van der Waals surface area (Å²) < 4.78 is 10.9. The van der Waals surface area contributed by atoms with Gasteiger partial charge in [-0.25, -0.2) is 14.4 Å². The highest BCUT2D eigenvalue weighted by atomic mass is 32.2. The Morgan fingerprint density at radius 2 is 1.19 bits per heavy atom. The van der Waals surface area contributed by atoms with Crippen LogP contribution in [0.5, 0.6) is 0 Å². The van der Waals surface area contributed by atoms with Gasteiger partial charge in [-0.3, -0.25) is 4.79 Å². The Morgan fingerprint density at radius 3 is 1.64 bits per heavy atom. The number of thioether (sulfide) groups is 1. The van der Waals surface area contributed by atoms with Crippen molar-refractivity contribution in [3.63, 3.8) is 0 Å². The minimum Gasteiger partial charge on any atom is -0.480 e. The lowest BCUT2D eigenvalue weighted by Crippen LogP contribution is -2.57. The number of fused-ring (bicyclic) bond motifs is 3. The number of hydrogen-bond donors (Lipinski definition) is 3. The van der Waals surface area contributed by atoms with Crippen LogP contribution in [0, 0.1) is 0 Å². The number of ether oxygens (including phenoxy) is 2. The molecule has 4 N–H and O–H groups in total. The molecular weight excluding hydrogens is 763 g/mol. The van der Waals surface area contributed by atoms with Crippen molar-refractivity contribution in [2.24, 2.45) is 5.73 Å². The molecule has 0 bridgehead atoms. The van der Waals surface area contributed by atoms with Gasteiger partial charge in [-0.15, -0.1) is 11.8 Å². The van der Waals surface area contributed by atoms with E-state index in [0.717, 1.165) is 38.9 Å². The number of nitrogens with two attached hydrogens (primary N) is 1. The number of carboxylic acid groups (broad SMARTS) is 1. The first-order valence-corrected chi connectivity index (χ1v) is 20.8. The van der Waals surface area contributed by atoms with Crippen molar-refractivity contribution in [1.82, 2.24) is 10.2 Å². The summed E-state index contributed by atoms with van der Waals surface area (Å²) in [5.74, 6) is -2.61. The standard InChI is InChI=1S/C48H51N3O7S/c1-47(2,3)58-46(56)51(45(55)57-31-40-38-27-15-13-25-36(38)37-26-14-16-28-39(37)40)42(43(52)50-41(44(53)54)29-17-18-30-49)32-59-48(33-19-7-4-8-20-33,34-21-9-5-10-22-34)35-23-11-6-12-24-35/h4-16,19-28,40-42H,17-18,29-32,49H2,1-3H3,(H,50,52)(H,53,54)/t41-,42-/m0/s1. The van der Waals surface area contributed by atoms with Gasteiger partial charge in [0.05, 0.1) is 4.75 Å². The molecule has 3 amide bonds. The molecule has 0 spiro atoms. The number of imide groups is 1. The van der Waals surface area contributed by atoms with E-state index in [1.165, 1.54) is 11.8 Å². The number of carbonyl (C=O) groups is 4. The van der Waals surface area contributed by atoms with Crippen LogP contribution in [0.4, 0.5) is 9.59 Å². The summed E-state index contributed by atoms with van der Waals surface area (Å²) in [6.07, 6.45) is -1.11. The Kier molecular flexibility index (Phi) is 13.9. The van der Waals surface area contributed by atoms with Crippen molar-refractivity contribution < 1.29 is 33.8 Å². The highest BCUT2D eigenvalue weighted by molar-refractivity contribution is 8.00. The highest BCUT2D eigenvalue weighted by Gasteiger charge is 2.44. The lowest BCUT2D eigenvalue weighted by Gasteiger charge is -2.38. The largest absolute Gasteiger partial charge is 0.480 e. The maximum absolute atomic E-state index is 14.8. The van der Waals surface area contributed by atoms with Gasteiger partial charge in [-0.1, -0.05) is 140 Å². The third-order valence-electron chi connectivity index (χ3n) is 10.3. The first-order valence-electron chi connectivity index (χ1n) is 19.9. The van der Waals surface area contributed by atoms with E-state index in [2.05, 4.69) is 5.32 Å². The molecule has 0 aromatic heterocycles. The van der Waals surface area contributed by atoms with Gasteiger partial charge < -0.3 is 25.6 Å². The fourth-order valence-electron chi connectivity index (χ4n) is 7.56. The van der Waals surface area contributed by atoms with Crippen molar-refractivity contribution in [3.05, 3.63) is 167 Å². The van der Waals surface area contributed by atoms with Crippen LogP contribution in [0.15, 0.2) is 140 Å². The molecule has 0 unspecified atom stereocenters. The zero-order valence-corrected chi connectivity index (χ0v) is 34.4. The van der Waals surface area contributed by atoms with Crippen LogP contribution in [0.3, 0.4) is 0 Å². The van der Waals surface area contributed by atoms with E-state index in [4.69, 9.17) is 15.2 Å². The highest BCUT2D eigenvalue weighted by Crippen LogP contribution is 2.49. The predicted molar refractivity (Wildman–Crippen MR) is 231 cm³/mol. The summed E-state index contributed by atoms with van der Waals surface area (Å²) in [5.41, 5.74) is 11.3. The molecule has 11 heteroatoms. The Morgan fingerprint density at radius 1 is 0.712 bits per heavy atom. The second-order valence-electron chi connectivity index (χ2n) is 15.4. The average Bonchev–Trinajstić information content (AvgIpc) is 3.56. The molecule has 2 atom stereocenters. The number of amides is 3. The molecule has 1 aliphatic rings. The third kappa shape index (κ3) is 9.87. The molecule has 5 aromatic rings. The van der Waals surface area contributed by atoms with Crippen LogP contribution in [0.25, 0.3) is 11.1 Å². The van der Waals surface area contributed by atoms with Crippen molar-refractivity contribution in [2.75, 3.05) is 18.9 Å². The van der Waals surface area contributed by atoms with Crippen molar-refractivity contribution in [3.8, 4) is 11.1 Å². The Balaban J connectivity index is 1.43. The molecule has 1 aliphatic carbocycles. The van der Waals surface area contributed by atoms with E-state index in [1.54, 1.807) is 20.8 Å². The Bertz CT molecular complexity index is 2070. The SMILES string of the molecule is CC(C)(C)OC(=O)N(C(=O)OCC1c2ccccc2-c2ccccc21)[C@@H](CSC(c1ccccc1)(c1ccccc1)c1ccccc1)C(=O)N[C@@H](CCCCN)C(=O)O. The summed E-state index contributed by atoms with van der Waals surface area (Å²) >= 11 is 1.35. The number of aliphatic carboxylic acids is 1. The second kappa shape index (κ2) is 19.2. The average molecular weight is 814 g/mol. The van der Waals surface area contributed by atoms with Crippen LogP contribution in [-0.4, -0.2) is 70.7 Å². The molecule has 0 aliphatic heterocycles. The molecule has 0 radical (unpaired) electrons. The Labute approximate surface area is 350 Å². The molecule has 6 rings (SSSR count). The number of nitrogens with zero attached hydrogens (tertiary/aromatic N) is 1. The zero-order valence-electron chi connectivity index (χ0n) is 33.6. The van der Waals surface area contributed by atoms with Gasteiger partial charge >= 0.3 is 18.2 Å². The predicted octanol–water partition coefficient (Wildman–Crippen LogP) is 8.96. The maximum Gasteiger partial charge on any atom is 0.420 e. The summed E-state index contributed by atoms with van der Waals surface area (Å²) in [5, 5.41) is 12.9. The zero-order chi connectivity index (χ0) is 42.0. The molecule has 0 saturated heterocycles. The van der Waals surface area contributed by atoms with Gasteiger partial charge in [0, 0.05) is 11.7 Å². The second-order valence-corrected chi connectivity index (χ2v) is 16.7. The summed E-state index contributed by atoms with van der Waals surface area (Å²) in [6, 6.07) is 42.2. The monoisotopic (exact) mass is 813 g/mol. The van der Waals surface area contributed by atoms with Gasteiger partial charge in [0.25, 0.3) is 0 Å². The van der Waals surface area contributed by atoms with Crippen LogP contribution in [0.1, 0.15) is 73.8 Å². The lowest BCUT2D eigenvalue weighted by molar-refractivity contribution is -0.142. The number of hydrogen-bond acceptors (Lipinski definition) is 8. The molecule has 0 fully saturated rings. The smallest absolute Gasteiger partial charge is 0.420 e. The number of rotatable bonds is 16. The van der Waals surface area contributed by atoms with Crippen LogP contribution >= 0.6 is 11.8 Å². The van der Waals surface area contributed by atoms with E-state index in [0.29, 0.717) is 24.3 Å². The summed E-state index contributed by atoms with van der Waals surface area (Å²) in [7, 11) is 0. The van der Waals surface area contributed by atoms with E-state index in [1.807, 2.05) is 140 Å². The van der Waals surface area contributed by atoms with Gasteiger partial charge in [0.15, 0.2) is 0 Å². The summed E-state index contributed by atoms with van der Waals surface area (Å²) in [4.78, 5) is 57.0. The van der Waals surface area contributed by atoms with E-state index in [-0.39, 0.29) is 24.7 Å². The van der Waals surface area contributed by atoms with E-state index < -0.39 is 46.5 Å². The molecule has 10 nitrogen and oxygen atoms in total. The first kappa shape index (κ1) is 42.7. The minimum atomic E-state index is -1.59. The number of unbranched alkanes of at least 4 members (excludes halogenated alkanes) is 1. The van der Waals surface area contributed by atoms with Gasteiger partial charge in [0.1, 0.15) is 24.3 Å². The first-order chi connectivity index (χ1) is 28.4. The quantitative estimate of drug-likeness (QED) is 0.0656. The van der Waals surface area contributed by atoms with Crippen molar-refractivity contribution in [2.45, 2.75) is 68.4 Å². The van der Waals surface area contributed by atoms with Gasteiger partial charge in [0.2, 0.25) is 5.91 Å². The molecule has 0 saturated carbocycles. The van der Waals surface area contributed by atoms with E-state index >= 15 is 0 Å². The molecular formula is C48H51N3O7S. The number of carboxylic acids is 1. The fourth-order valence-corrected chi connectivity index (χ4v) is 9.18. The summed E-state index contributed by atoms with van der Waals surface area (Å²) in [6.45, 7) is 5.20. The maximum atomic E-state index is 14.8. The minimum absolute atomic E-state index is 0.0947. The number of nitrogens with one attached hydrogen (secondary N) is 1. The van der Waals surface area contributed by atoms with Gasteiger partial charge in [-0.05, 0) is 85.5 Å². The third-order valence-corrected chi connectivity index (χ3v) is 11.9. The number of benzene rings is 5. The van der Waals surface area contributed by atoms with E-state index in [9.17, 15) is 24.3 Å². The fraction of sp³-hybridized carbons (Fsp3) is 0.292. The number of carbonyl (C=O) groups excluding carboxylic acids is 3.